The highest BCUT2D eigenvalue weighted by atomic mass is 16.7. The second kappa shape index (κ2) is 3.10. The Bertz CT molecular complexity index is 320. The van der Waals surface area contributed by atoms with Crippen molar-refractivity contribution >= 4 is 6.16 Å². The normalized spacial score (nSPS) is 20.8. The van der Waals surface area contributed by atoms with E-state index in [1.54, 1.807) is 6.07 Å². The van der Waals surface area contributed by atoms with Crippen molar-refractivity contribution in [3.05, 3.63) is 23.7 Å². The van der Waals surface area contributed by atoms with Crippen LogP contribution in [0.4, 0.5) is 4.79 Å². The maximum absolute atomic E-state index is 10.3. The van der Waals surface area contributed by atoms with Gasteiger partial charge >= 0.3 is 6.16 Å². The van der Waals surface area contributed by atoms with Gasteiger partial charge in [0.1, 0.15) is 5.76 Å². The van der Waals surface area contributed by atoms with Crippen molar-refractivity contribution in [2.24, 2.45) is 0 Å². The van der Waals surface area contributed by atoms with Crippen molar-refractivity contribution in [1.29, 1.82) is 0 Å². The molecule has 1 aromatic heterocycles. The monoisotopic (exact) mass is 183 g/mol. The summed E-state index contributed by atoms with van der Waals surface area (Å²) >= 11 is 0. The van der Waals surface area contributed by atoms with Crippen molar-refractivity contribution in [2.75, 3.05) is 6.54 Å². The molecule has 0 saturated carbocycles. The van der Waals surface area contributed by atoms with E-state index in [9.17, 15) is 4.79 Å². The molecule has 5 nitrogen and oxygen atoms in total. The Morgan fingerprint density at radius 3 is 3.38 bits per heavy atom. The van der Waals surface area contributed by atoms with Crippen LogP contribution >= 0.6 is 0 Å². The fourth-order valence-corrected chi connectivity index (χ4v) is 1.42. The van der Waals surface area contributed by atoms with Gasteiger partial charge in [0.25, 0.3) is 0 Å². The molecule has 1 atom stereocenters. The Balaban J connectivity index is 2.20. The van der Waals surface area contributed by atoms with Crippen LogP contribution in [0.2, 0.25) is 0 Å². The first-order valence-corrected chi connectivity index (χ1v) is 3.96. The quantitative estimate of drug-likeness (QED) is 0.638. The van der Waals surface area contributed by atoms with E-state index >= 15 is 0 Å². The maximum atomic E-state index is 10.3. The lowest BCUT2D eigenvalue weighted by atomic mass is 10.1. The number of carbonyl (C=O) groups is 1. The minimum atomic E-state index is -1.29. The van der Waals surface area contributed by atoms with E-state index in [4.69, 9.17) is 9.52 Å². The Labute approximate surface area is 74.3 Å². The van der Waals surface area contributed by atoms with Gasteiger partial charge < -0.3 is 14.3 Å². The van der Waals surface area contributed by atoms with E-state index in [1.807, 2.05) is 0 Å². The van der Waals surface area contributed by atoms with Crippen LogP contribution in [0.25, 0.3) is 0 Å². The minimum absolute atomic E-state index is 0.583. The third kappa shape index (κ3) is 1.50. The van der Waals surface area contributed by atoms with Gasteiger partial charge in [0, 0.05) is 18.5 Å². The topological polar surface area (TPSA) is 71.7 Å². The van der Waals surface area contributed by atoms with Crippen LogP contribution in [0, 0.1) is 0 Å². The molecule has 1 aliphatic rings. The van der Waals surface area contributed by atoms with Crippen LogP contribution in [0.3, 0.4) is 0 Å². The first-order valence-electron chi connectivity index (χ1n) is 3.96. The van der Waals surface area contributed by atoms with Gasteiger partial charge in [0.05, 0.1) is 6.26 Å². The number of hydrogen-bond donors (Lipinski definition) is 2. The van der Waals surface area contributed by atoms with Crippen LogP contribution < -0.4 is 5.32 Å². The second-order valence-corrected chi connectivity index (χ2v) is 2.77. The molecule has 0 aliphatic carbocycles. The molecular formula is C8H9NO4. The number of ether oxygens (including phenoxy) is 1. The summed E-state index contributed by atoms with van der Waals surface area (Å²) in [6, 6.07) is 1.72. The number of nitrogens with one attached hydrogen (secondary N) is 1. The third-order valence-corrected chi connectivity index (χ3v) is 1.96. The molecule has 0 bridgehead atoms. The van der Waals surface area contributed by atoms with Crippen molar-refractivity contribution in [3.63, 3.8) is 0 Å². The number of carboxylic acid groups (broad SMARTS) is 1. The predicted molar refractivity (Wildman–Crippen MR) is 42.3 cm³/mol. The summed E-state index contributed by atoms with van der Waals surface area (Å²) in [5, 5.41) is 11.4. The van der Waals surface area contributed by atoms with Crippen molar-refractivity contribution in [3.8, 4) is 0 Å². The van der Waals surface area contributed by atoms with Crippen molar-refractivity contribution < 1.29 is 19.1 Å². The summed E-state index contributed by atoms with van der Waals surface area (Å²) in [5.74, 6) is 0.796. The first kappa shape index (κ1) is 8.12. The molecular weight excluding hydrogens is 174 g/mol. The van der Waals surface area contributed by atoms with Gasteiger partial charge in [-0.2, -0.15) is 0 Å². The van der Waals surface area contributed by atoms with Crippen molar-refractivity contribution in [1.82, 2.24) is 5.32 Å². The summed E-state index contributed by atoms with van der Waals surface area (Å²) in [6.07, 6.45) is 0.434. The second-order valence-electron chi connectivity index (χ2n) is 2.77. The van der Waals surface area contributed by atoms with E-state index in [0.29, 0.717) is 6.54 Å². The van der Waals surface area contributed by atoms with Crippen LogP contribution in [0.15, 0.2) is 16.7 Å². The largest absolute Gasteiger partial charge is 0.507 e. The summed E-state index contributed by atoms with van der Waals surface area (Å²) in [5.41, 5.74) is 0.772. The molecule has 0 aromatic carbocycles. The molecule has 2 rings (SSSR count). The van der Waals surface area contributed by atoms with Crippen LogP contribution in [0.1, 0.15) is 17.6 Å². The molecule has 0 fully saturated rings. The molecule has 2 heterocycles. The summed E-state index contributed by atoms with van der Waals surface area (Å²) in [7, 11) is 0. The van der Waals surface area contributed by atoms with E-state index < -0.39 is 12.4 Å². The van der Waals surface area contributed by atoms with Gasteiger partial charge in [-0.05, 0) is 6.07 Å². The van der Waals surface area contributed by atoms with Gasteiger partial charge in [0.2, 0.25) is 0 Å². The Hall–Kier alpha value is -1.49. The lowest BCUT2D eigenvalue weighted by Crippen LogP contribution is -2.31. The molecule has 13 heavy (non-hydrogen) atoms. The SMILES string of the molecule is O=C(O)OC1NCCc2occc21. The maximum Gasteiger partial charge on any atom is 0.507 e. The zero-order valence-corrected chi connectivity index (χ0v) is 6.82. The number of hydrogen-bond acceptors (Lipinski definition) is 4. The highest BCUT2D eigenvalue weighted by molar-refractivity contribution is 5.57. The van der Waals surface area contributed by atoms with Gasteiger partial charge in [-0.15, -0.1) is 0 Å². The van der Waals surface area contributed by atoms with Gasteiger partial charge in [0.15, 0.2) is 6.23 Å². The minimum Gasteiger partial charge on any atom is -0.469 e. The molecule has 1 unspecified atom stereocenters. The lowest BCUT2D eigenvalue weighted by Gasteiger charge is -2.21. The van der Waals surface area contributed by atoms with Crippen molar-refractivity contribution in [2.45, 2.75) is 12.6 Å². The standard InChI is InChI=1S/C8H9NO4/c10-8(11)13-7-5-2-4-12-6(5)1-3-9-7/h2,4,7,9H,1,3H2,(H,10,11). The Morgan fingerprint density at radius 1 is 1.77 bits per heavy atom. The van der Waals surface area contributed by atoms with E-state index in [1.165, 1.54) is 6.26 Å². The van der Waals surface area contributed by atoms with Crippen LogP contribution in [0.5, 0.6) is 0 Å². The third-order valence-electron chi connectivity index (χ3n) is 1.96. The Morgan fingerprint density at radius 2 is 2.62 bits per heavy atom. The summed E-state index contributed by atoms with van der Waals surface area (Å²) in [4.78, 5) is 10.3. The molecule has 0 spiro atoms. The molecule has 2 N–H and O–H groups in total. The highest BCUT2D eigenvalue weighted by Gasteiger charge is 2.24. The Kier molecular flexibility index (Phi) is 1.94. The molecule has 5 heteroatoms. The average Bonchev–Trinajstić information content (AvgIpc) is 2.51. The first-order chi connectivity index (χ1) is 6.27. The molecule has 0 saturated heterocycles. The summed E-state index contributed by atoms with van der Waals surface area (Å²) < 4.78 is 9.78. The van der Waals surface area contributed by atoms with E-state index in [0.717, 1.165) is 17.7 Å². The number of rotatable bonds is 1. The molecule has 0 amide bonds. The number of fused-ring (bicyclic) bond motifs is 1. The molecule has 1 aromatic rings. The molecule has 0 radical (unpaired) electrons. The van der Waals surface area contributed by atoms with Gasteiger partial charge in [-0.25, -0.2) is 4.79 Å². The highest BCUT2D eigenvalue weighted by Crippen LogP contribution is 2.24. The molecule has 70 valence electrons. The summed E-state index contributed by atoms with van der Waals surface area (Å²) in [6.45, 7) is 0.665. The number of furan rings is 1. The van der Waals surface area contributed by atoms with Gasteiger partial charge in [-0.1, -0.05) is 0 Å². The lowest BCUT2D eigenvalue weighted by molar-refractivity contribution is 0.0322. The van der Waals surface area contributed by atoms with E-state index in [2.05, 4.69) is 10.1 Å². The zero-order chi connectivity index (χ0) is 9.26. The average molecular weight is 183 g/mol. The predicted octanol–water partition coefficient (Wildman–Crippen LogP) is 1.12. The zero-order valence-electron chi connectivity index (χ0n) is 6.82. The molecule has 1 aliphatic heterocycles. The smallest absolute Gasteiger partial charge is 0.469 e. The fraction of sp³-hybridized carbons (Fsp3) is 0.375. The van der Waals surface area contributed by atoms with Crippen LogP contribution in [-0.4, -0.2) is 17.8 Å². The van der Waals surface area contributed by atoms with E-state index in [-0.39, 0.29) is 0 Å². The fourth-order valence-electron chi connectivity index (χ4n) is 1.42. The van der Waals surface area contributed by atoms with Gasteiger partial charge in [-0.3, -0.25) is 5.32 Å². The van der Waals surface area contributed by atoms with Crippen LogP contribution in [-0.2, 0) is 11.2 Å².